The smallest absolute Gasteiger partial charge is 0.157 e. The van der Waals surface area contributed by atoms with E-state index in [1.807, 2.05) is 6.92 Å². The van der Waals surface area contributed by atoms with E-state index in [4.69, 9.17) is 0 Å². The van der Waals surface area contributed by atoms with Crippen LogP contribution < -0.4 is 5.32 Å². The molecule has 0 aliphatic carbocycles. The first kappa shape index (κ1) is 16.0. The summed E-state index contributed by atoms with van der Waals surface area (Å²) in [5.41, 5.74) is 1.84. The van der Waals surface area contributed by atoms with E-state index in [-0.39, 0.29) is 6.04 Å². The van der Waals surface area contributed by atoms with Gasteiger partial charge in [-0.25, -0.2) is 18.4 Å². The molecule has 0 radical (unpaired) electrons. The molecular formula is C13H23N3O2S. The van der Waals surface area contributed by atoms with Crippen LogP contribution in [0.2, 0.25) is 0 Å². The number of rotatable bonds is 6. The van der Waals surface area contributed by atoms with Gasteiger partial charge in [-0.15, -0.1) is 0 Å². The minimum absolute atomic E-state index is 0.169. The van der Waals surface area contributed by atoms with Crippen molar-refractivity contribution in [3.05, 3.63) is 23.3 Å². The van der Waals surface area contributed by atoms with Gasteiger partial charge in [0, 0.05) is 29.8 Å². The largest absolute Gasteiger partial charge is 0.310 e. The van der Waals surface area contributed by atoms with Crippen LogP contribution in [0.1, 0.15) is 55.6 Å². The van der Waals surface area contributed by atoms with Crippen molar-refractivity contribution in [2.75, 3.05) is 12.8 Å². The third-order valence-corrected chi connectivity index (χ3v) is 4.70. The van der Waals surface area contributed by atoms with Crippen molar-refractivity contribution in [1.29, 1.82) is 0 Å². The molecule has 0 fully saturated rings. The van der Waals surface area contributed by atoms with Crippen molar-refractivity contribution in [1.82, 2.24) is 15.3 Å². The van der Waals surface area contributed by atoms with Crippen LogP contribution >= 0.6 is 0 Å². The molecule has 0 bridgehead atoms. The molecule has 0 aromatic carbocycles. The van der Waals surface area contributed by atoms with Gasteiger partial charge in [0.1, 0.15) is 11.1 Å². The Bertz CT molecular complexity index is 529. The maximum atomic E-state index is 11.5. The van der Waals surface area contributed by atoms with Gasteiger partial charge < -0.3 is 5.32 Å². The topological polar surface area (TPSA) is 72.0 Å². The number of hydrogen-bond acceptors (Lipinski definition) is 5. The van der Waals surface area contributed by atoms with E-state index in [1.165, 1.54) is 6.26 Å². The average Bonchev–Trinajstić information content (AvgIpc) is 2.33. The van der Waals surface area contributed by atoms with Gasteiger partial charge in [-0.3, -0.25) is 0 Å². The van der Waals surface area contributed by atoms with Gasteiger partial charge in [-0.1, -0.05) is 6.92 Å². The first-order chi connectivity index (χ1) is 8.77. The van der Waals surface area contributed by atoms with Crippen LogP contribution in [-0.2, 0) is 9.84 Å². The van der Waals surface area contributed by atoms with Crippen LogP contribution in [0, 0.1) is 6.92 Å². The number of hydrogen-bond donors (Lipinski definition) is 1. The summed E-state index contributed by atoms with van der Waals surface area (Å²) in [6.07, 6.45) is 4.00. The minimum atomic E-state index is -3.16. The Morgan fingerprint density at radius 3 is 2.47 bits per heavy atom. The lowest BCUT2D eigenvalue weighted by atomic mass is 10.1. The molecule has 0 amide bonds. The van der Waals surface area contributed by atoms with Crippen LogP contribution in [0.25, 0.3) is 0 Å². The molecule has 1 aromatic heterocycles. The van der Waals surface area contributed by atoms with E-state index in [0.717, 1.165) is 24.2 Å². The van der Waals surface area contributed by atoms with Crippen molar-refractivity contribution in [3.8, 4) is 0 Å². The van der Waals surface area contributed by atoms with E-state index in [9.17, 15) is 8.42 Å². The summed E-state index contributed by atoms with van der Waals surface area (Å²) < 4.78 is 23.0. The summed E-state index contributed by atoms with van der Waals surface area (Å²) in [6, 6.07) is 0.169. The highest BCUT2D eigenvalue weighted by Crippen LogP contribution is 2.20. The lowest BCUT2D eigenvalue weighted by molar-refractivity contribution is 0.561. The Balaban J connectivity index is 2.98. The number of sulfone groups is 1. The summed E-state index contributed by atoms with van der Waals surface area (Å²) in [4.78, 5) is 8.54. The number of aromatic nitrogens is 2. The Hall–Kier alpha value is -1.01. The summed E-state index contributed by atoms with van der Waals surface area (Å²) in [6.45, 7) is 8.60. The lowest BCUT2D eigenvalue weighted by Gasteiger charge is -2.16. The quantitative estimate of drug-likeness (QED) is 0.865. The molecule has 0 saturated heterocycles. The molecule has 0 spiro atoms. The Morgan fingerprint density at radius 2 is 2.00 bits per heavy atom. The molecular weight excluding hydrogens is 262 g/mol. The average molecular weight is 285 g/mol. The maximum absolute atomic E-state index is 11.5. The highest BCUT2D eigenvalue weighted by Gasteiger charge is 2.21. The zero-order valence-corrected chi connectivity index (χ0v) is 13.1. The number of nitrogens with one attached hydrogen (secondary N) is 1. The number of nitrogens with zero attached hydrogens (tertiary/aromatic N) is 2. The van der Waals surface area contributed by atoms with E-state index in [2.05, 4.69) is 29.1 Å². The second-order valence-electron chi connectivity index (χ2n) is 4.92. The van der Waals surface area contributed by atoms with Crippen LogP contribution in [0.15, 0.2) is 6.20 Å². The van der Waals surface area contributed by atoms with Crippen LogP contribution in [0.5, 0.6) is 0 Å². The molecule has 1 rings (SSSR count). The summed E-state index contributed by atoms with van der Waals surface area (Å²) in [7, 11) is -3.16. The summed E-state index contributed by atoms with van der Waals surface area (Å²) in [5.74, 6) is 0.367. The Kier molecular flexibility index (Phi) is 5.43. The fraction of sp³-hybridized carbons (Fsp3) is 0.692. The highest BCUT2D eigenvalue weighted by molar-refractivity contribution is 7.90. The van der Waals surface area contributed by atoms with Gasteiger partial charge in [0.2, 0.25) is 0 Å². The first-order valence-corrected chi connectivity index (χ1v) is 8.48. The fourth-order valence-corrected chi connectivity index (χ4v) is 2.27. The van der Waals surface area contributed by atoms with Crippen LogP contribution in [-0.4, -0.2) is 31.2 Å². The normalized spacial score (nSPS) is 15.2. The van der Waals surface area contributed by atoms with Gasteiger partial charge >= 0.3 is 0 Å². The first-order valence-electron chi connectivity index (χ1n) is 6.53. The van der Waals surface area contributed by atoms with Crippen molar-refractivity contribution in [2.45, 2.75) is 45.4 Å². The van der Waals surface area contributed by atoms with Gasteiger partial charge in [0.15, 0.2) is 9.84 Å². The van der Waals surface area contributed by atoms with Crippen molar-refractivity contribution >= 4 is 9.84 Å². The SMILES string of the molecule is CCCNC(C)c1cnc(C(C)S(C)(=O)=O)nc1C. The molecule has 6 heteroatoms. The summed E-state index contributed by atoms with van der Waals surface area (Å²) >= 11 is 0. The Morgan fingerprint density at radius 1 is 1.37 bits per heavy atom. The molecule has 0 aliphatic rings. The second kappa shape index (κ2) is 6.43. The summed E-state index contributed by atoms with van der Waals surface area (Å²) in [5, 5.41) is 2.70. The zero-order valence-electron chi connectivity index (χ0n) is 12.3. The van der Waals surface area contributed by atoms with Crippen LogP contribution in [0.3, 0.4) is 0 Å². The van der Waals surface area contributed by atoms with E-state index in [1.54, 1.807) is 13.1 Å². The predicted molar refractivity (Wildman–Crippen MR) is 76.7 cm³/mol. The van der Waals surface area contributed by atoms with E-state index in [0.29, 0.717) is 5.82 Å². The molecule has 1 aromatic rings. The van der Waals surface area contributed by atoms with Gasteiger partial charge in [-0.2, -0.15) is 0 Å². The minimum Gasteiger partial charge on any atom is -0.310 e. The van der Waals surface area contributed by atoms with E-state index >= 15 is 0 Å². The third kappa shape index (κ3) is 4.24. The zero-order chi connectivity index (χ0) is 14.6. The molecule has 19 heavy (non-hydrogen) atoms. The van der Waals surface area contributed by atoms with Crippen molar-refractivity contribution in [3.63, 3.8) is 0 Å². The molecule has 2 atom stereocenters. The Labute approximate surface area is 115 Å². The highest BCUT2D eigenvalue weighted by atomic mass is 32.2. The van der Waals surface area contributed by atoms with E-state index < -0.39 is 15.1 Å². The second-order valence-corrected chi connectivity index (χ2v) is 7.28. The van der Waals surface area contributed by atoms with Gasteiger partial charge in [-0.05, 0) is 33.7 Å². The third-order valence-electron chi connectivity index (χ3n) is 3.21. The van der Waals surface area contributed by atoms with Gasteiger partial charge in [0.25, 0.3) is 0 Å². The van der Waals surface area contributed by atoms with Crippen molar-refractivity contribution in [2.24, 2.45) is 0 Å². The van der Waals surface area contributed by atoms with Crippen molar-refractivity contribution < 1.29 is 8.42 Å². The standard InChI is InChI=1S/C13H23N3O2S/c1-6-7-14-9(2)12-8-15-13(16-10(12)3)11(4)19(5,17)18/h8-9,11,14H,6-7H2,1-5H3. The maximum Gasteiger partial charge on any atom is 0.157 e. The molecule has 2 unspecified atom stereocenters. The number of aryl methyl sites for hydroxylation is 1. The molecule has 1 heterocycles. The molecule has 1 N–H and O–H groups in total. The predicted octanol–water partition coefficient (Wildman–Crippen LogP) is 1.95. The lowest BCUT2D eigenvalue weighted by Crippen LogP contribution is -2.21. The monoisotopic (exact) mass is 285 g/mol. The van der Waals surface area contributed by atoms with Gasteiger partial charge in [0.05, 0.1) is 0 Å². The fourth-order valence-electron chi connectivity index (χ4n) is 1.78. The van der Waals surface area contributed by atoms with Crippen LogP contribution in [0.4, 0.5) is 0 Å². The molecule has 0 aliphatic heterocycles. The molecule has 5 nitrogen and oxygen atoms in total. The molecule has 108 valence electrons. The molecule has 0 saturated carbocycles.